The van der Waals surface area contributed by atoms with Crippen LogP contribution in [0.5, 0.6) is 0 Å². The molecular weight excluding hydrogens is 936 g/mol. The Balaban J connectivity index is 4.03. The van der Waals surface area contributed by atoms with Gasteiger partial charge in [0.2, 0.25) is 5.91 Å². The molecule has 0 aromatic heterocycles. The maximum atomic E-state index is 13.1. The molecule has 0 saturated carbocycles. The first kappa shape index (κ1) is 73.2. The summed E-state index contributed by atoms with van der Waals surface area (Å²) < 4.78 is 23.9. The van der Waals surface area contributed by atoms with Crippen LogP contribution in [-0.4, -0.2) is 73.4 Å². The van der Waals surface area contributed by atoms with Gasteiger partial charge in [-0.1, -0.05) is 315 Å². The predicted octanol–water partition coefficient (Wildman–Crippen LogP) is 20.6. The van der Waals surface area contributed by atoms with Crippen molar-refractivity contribution in [2.75, 3.05) is 40.9 Å². The van der Waals surface area contributed by atoms with Crippen LogP contribution in [0.4, 0.5) is 0 Å². The number of rotatable bonds is 62. The van der Waals surface area contributed by atoms with Crippen LogP contribution in [0.25, 0.3) is 0 Å². The van der Waals surface area contributed by atoms with Crippen molar-refractivity contribution in [3.63, 3.8) is 0 Å². The lowest BCUT2D eigenvalue weighted by Crippen LogP contribution is -2.46. The molecule has 442 valence electrons. The van der Waals surface area contributed by atoms with Gasteiger partial charge < -0.3 is 19.8 Å². The molecule has 0 aliphatic heterocycles. The van der Waals surface area contributed by atoms with Crippen molar-refractivity contribution < 1.29 is 32.9 Å². The zero-order chi connectivity index (χ0) is 54.2. The zero-order valence-corrected chi connectivity index (χ0v) is 51.5. The second kappa shape index (κ2) is 56.9. The first-order chi connectivity index (χ1) is 36.0. The molecular formula is C65H132N2O6P+. The van der Waals surface area contributed by atoms with E-state index in [9.17, 15) is 19.4 Å². The van der Waals surface area contributed by atoms with E-state index in [0.717, 1.165) is 38.5 Å². The van der Waals surface area contributed by atoms with E-state index in [0.29, 0.717) is 23.9 Å². The maximum absolute atomic E-state index is 13.1. The fourth-order valence-electron chi connectivity index (χ4n) is 10.3. The molecule has 0 saturated heterocycles. The van der Waals surface area contributed by atoms with Crippen molar-refractivity contribution in [3.05, 3.63) is 12.2 Å². The highest BCUT2D eigenvalue weighted by atomic mass is 31.2. The van der Waals surface area contributed by atoms with Gasteiger partial charge in [-0.15, -0.1) is 0 Å². The average molecular weight is 1070 g/mol. The van der Waals surface area contributed by atoms with Crippen LogP contribution < -0.4 is 5.32 Å². The number of hydrogen-bond acceptors (Lipinski definition) is 5. The average Bonchev–Trinajstić information content (AvgIpc) is 3.36. The highest BCUT2D eigenvalue weighted by Gasteiger charge is 2.28. The summed E-state index contributed by atoms with van der Waals surface area (Å²) in [5, 5.41) is 14.1. The van der Waals surface area contributed by atoms with Gasteiger partial charge in [0.05, 0.1) is 39.9 Å². The lowest BCUT2D eigenvalue weighted by molar-refractivity contribution is -0.870. The minimum atomic E-state index is -4.32. The first-order valence-corrected chi connectivity index (χ1v) is 34.5. The largest absolute Gasteiger partial charge is 0.472 e. The second-order valence-corrected chi connectivity index (χ2v) is 25.7. The SMILES string of the molecule is CCCCCCCCCC/C=C\CCCCCCCCCCCCCCCCCCCC(=O)NC(COP(=O)(O)OCC[N+](C)(C)C)C(O)CCCCCCCCCCCCCCCCCCCCCCCCC. The van der Waals surface area contributed by atoms with Crippen molar-refractivity contribution >= 4 is 13.7 Å². The lowest BCUT2D eigenvalue weighted by atomic mass is 10.0. The van der Waals surface area contributed by atoms with Gasteiger partial charge in [0.1, 0.15) is 13.2 Å². The Labute approximate surface area is 462 Å². The standard InChI is InChI=1S/C65H131N2O6P/c1-6-8-10-12-14-16-18-20-22-24-26-28-30-31-32-33-34-35-37-39-41-43-45-47-49-51-53-55-57-59-65(69)66-63(62-73-74(70,71)72-61-60-67(3,4)5)64(68)58-56-54-52-50-48-46-44-42-40-38-36-29-27-25-23-21-19-17-15-13-11-9-7-2/h24,26,63-64,68H,6-23,25,27-62H2,1-5H3,(H-,66,69,70,71)/p+1/b26-24-. The molecule has 1 amide bonds. The van der Waals surface area contributed by atoms with Gasteiger partial charge in [-0.3, -0.25) is 13.8 Å². The summed E-state index contributed by atoms with van der Waals surface area (Å²) >= 11 is 0. The number of phosphoric acid groups is 1. The van der Waals surface area contributed by atoms with Crippen LogP contribution in [0.1, 0.15) is 348 Å². The molecule has 9 heteroatoms. The van der Waals surface area contributed by atoms with Crippen molar-refractivity contribution in [2.45, 2.75) is 360 Å². The van der Waals surface area contributed by atoms with Gasteiger partial charge in [-0.2, -0.15) is 0 Å². The number of phosphoric ester groups is 1. The third kappa shape index (κ3) is 58.9. The maximum Gasteiger partial charge on any atom is 0.472 e. The number of unbranched alkanes of at least 4 members (excludes halogenated alkanes) is 47. The molecule has 74 heavy (non-hydrogen) atoms. The molecule has 0 spiro atoms. The number of allylic oxidation sites excluding steroid dienone is 2. The van der Waals surface area contributed by atoms with Crippen molar-refractivity contribution in [2.24, 2.45) is 0 Å². The van der Waals surface area contributed by atoms with Gasteiger partial charge in [0.25, 0.3) is 0 Å². The highest BCUT2D eigenvalue weighted by Crippen LogP contribution is 2.43. The second-order valence-electron chi connectivity index (χ2n) is 24.2. The molecule has 0 rings (SSSR count). The fraction of sp³-hybridized carbons (Fsp3) is 0.954. The smallest absolute Gasteiger partial charge is 0.391 e. The Morgan fingerprint density at radius 3 is 1.04 bits per heavy atom. The van der Waals surface area contributed by atoms with E-state index >= 15 is 0 Å². The minimum Gasteiger partial charge on any atom is -0.391 e. The number of hydrogen-bond donors (Lipinski definition) is 3. The van der Waals surface area contributed by atoms with E-state index in [1.807, 2.05) is 21.1 Å². The van der Waals surface area contributed by atoms with Crippen molar-refractivity contribution in [1.29, 1.82) is 0 Å². The molecule has 0 fully saturated rings. The molecule has 0 aromatic carbocycles. The molecule has 0 aliphatic rings. The van der Waals surface area contributed by atoms with Crippen LogP contribution in [0.2, 0.25) is 0 Å². The monoisotopic (exact) mass is 1070 g/mol. The third-order valence-corrected chi connectivity index (χ3v) is 16.5. The van der Waals surface area contributed by atoms with E-state index < -0.39 is 20.0 Å². The summed E-state index contributed by atoms with van der Waals surface area (Å²) in [7, 11) is 1.64. The van der Waals surface area contributed by atoms with Crippen LogP contribution in [0.15, 0.2) is 12.2 Å². The van der Waals surface area contributed by atoms with Gasteiger partial charge in [0, 0.05) is 6.42 Å². The number of likely N-dealkylation sites (N-methyl/N-ethyl adjacent to an activating group) is 1. The van der Waals surface area contributed by atoms with Gasteiger partial charge in [-0.25, -0.2) is 4.57 Å². The molecule has 0 bridgehead atoms. The minimum absolute atomic E-state index is 0.0782. The van der Waals surface area contributed by atoms with E-state index in [-0.39, 0.29) is 19.1 Å². The van der Waals surface area contributed by atoms with Crippen molar-refractivity contribution in [1.82, 2.24) is 5.32 Å². The summed E-state index contributed by atoms with van der Waals surface area (Å²) in [5.74, 6) is -0.136. The Hall–Kier alpha value is -0.760. The molecule has 0 heterocycles. The number of nitrogens with one attached hydrogen (secondary N) is 1. The Bertz CT molecular complexity index is 1210. The van der Waals surface area contributed by atoms with E-state index in [1.54, 1.807) is 0 Å². The Morgan fingerprint density at radius 2 is 0.730 bits per heavy atom. The molecule has 0 aliphatic carbocycles. The zero-order valence-electron chi connectivity index (χ0n) is 50.6. The quantitative estimate of drug-likeness (QED) is 0.0243. The van der Waals surface area contributed by atoms with E-state index in [1.165, 1.54) is 283 Å². The highest BCUT2D eigenvalue weighted by molar-refractivity contribution is 7.47. The fourth-order valence-corrected chi connectivity index (χ4v) is 11.1. The number of carbonyl (C=O) groups excluding carboxylic acids is 1. The Kier molecular flexibility index (Phi) is 56.4. The van der Waals surface area contributed by atoms with Gasteiger partial charge >= 0.3 is 7.82 Å². The van der Waals surface area contributed by atoms with Crippen LogP contribution >= 0.6 is 7.82 Å². The molecule has 0 aromatic rings. The summed E-state index contributed by atoms with van der Waals surface area (Å²) in [6.45, 7) is 4.95. The van der Waals surface area contributed by atoms with Crippen LogP contribution in [0.3, 0.4) is 0 Å². The Morgan fingerprint density at radius 1 is 0.446 bits per heavy atom. The molecule has 8 nitrogen and oxygen atoms in total. The molecule has 0 radical (unpaired) electrons. The van der Waals surface area contributed by atoms with Crippen LogP contribution in [-0.2, 0) is 18.4 Å². The number of quaternary nitrogens is 1. The third-order valence-electron chi connectivity index (χ3n) is 15.5. The topological polar surface area (TPSA) is 105 Å². The van der Waals surface area contributed by atoms with E-state index in [4.69, 9.17) is 9.05 Å². The summed E-state index contributed by atoms with van der Waals surface area (Å²) in [4.78, 5) is 23.4. The summed E-state index contributed by atoms with van der Waals surface area (Å²) in [6.07, 6.45) is 71.5. The number of aliphatic hydroxyl groups excluding tert-OH is 1. The van der Waals surface area contributed by atoms with Crippen LogP contribution in [0, 0.1) is 0 Å². The predicted molar refractivity (Wildman–Crippen MR) is 323 cm³/mol. The van der Waals surface area contributed by atoms with Crippen molar-refractivity contribution in [3.8, 4) is 0 Å². The first-order valence-electron chi connectivity index (χ1n) is 33.1. The number of amides is 1. The van der Waals surface area contributed by atoms with Gasteiger partial charge in [-0.05, 0) is 38.5 Å². The van der Waals surface area contributed by atoms with E-state index in [2.05, 4.69) is 31.3 Å². The summed E-state index contributed by atoms with van der Waals surface area (Å²) in [5.41, 5.74) is 0. The molecule has 3 unspecified atom stereocenters. The number of nitrogens with zero attached hydrogens (tertiary/aromatic N) is 1. The van der Waals surface area contributed by atoms with Gasteiger partial charge in [0.15, 0.2) is 0 Å². The summed E-state index contributed by atoms with van der Waals surface area (Å²) in [6, 6.07) is -0.758. The normalized spacial score (nSPS) is 13.8. The molecule has 3 atom stereocenters. The number of aliphatic hydroxyl groups is 1. The lowest BCUT2D eigenvalue weighted by Gasteiger charge is -2.26. The molecule has 3 N–H and O–H groups in total. The number of carbonyl (C=O) groups is 1.